The summed E-state index contributed by atoms with van der Waals surface area (Å²) >= 11 is 13.1. The fourth-order valence-electron chi connectivity index (χ4n) is 5.22. The molecule has 224 valence electrons. The number of methoxy groups -OCH3 is 1. The molecule has 41 heavy (non-hydrogen) atoms. The summed E-state index contributed by atoms with van der Waals surface area (Å²) in [5.74, 6) is -0.852. The first-order valence-corrected chi connectivity index (χ1v) is 14.8. The molecule has 4 rings (SSSR count). The van der Waals surface area contributed by atoms with Crippen LogP contribution in [0, 0.1) is 5.92 Å². The summed E-state index contributed by atoms with van der Waals surface area (Å²) < 4.78 is 12.3. The fraction of sp³-hybridized carbons (Fsp3) is 0.567. The van der Waals surface area contributed by atoms with E-state index in [-0.39, 0.29) is 36.5 Å². The third kappa shape index (κ3) is 7.96. The summed E-state index contributed by atoms with van der Waals surface area (Å²) in [4.78, 5) is 43.5. The highest BCUT2D eigenvalue weighted by molar-refractivity contribution is 6.42. The van der Waals surface area contributed by atoms with Crippen LogP contribution in [0.25, 0.3) is 0 Å². The second-order valence-electron chi connectivity index (χ2n) is 11.9. The van der Waals surface area contributed by atoms with Gasteiger partial charge in [-0.1, -0.05) is 23.2 Å². The molecule has 1 saturated carbocycles. The minimum atomic E-state index is -0.655. The summed E-state index contributed by atoms with van der Waals surface area (Å²) in [7, 11) is 3.33. The zero-order valence-corrected chi connectivity index (χ0v) is 25.9. The number of hydrogen-bond donors (Lipinski definition) is 1. The van der Waals surface area contributed by atoms with E-state index in [4.69, 9.17) is 32.7 Å². The van der Waals surface area contributed by atoms with E-state index in [0.717, 1.165) is 29.7 Å². The highest BCUT2D eigenvalue weighted by Crippen LogP contribution is 2.39. The Balaban J connectivity index is 1.64. The molecule has 1 N–H and O–H groups in total. The number of rotatable bonds is 9. The van der Waals surface area contributed by atoms with Crippen LogP contribution < -0.4 is 10.9 Å². The normalized spacial score (nSPS) is 19.1. The van der Waals surface area contributed by atoms with E-state index in [1.807, 2.05) is 37.8 Å². The monoisotopic (exact) mass is 606 g/mol. The van der Waals surface area contributed by atoms with Crippen LogP contribution in [0.1, 0.15) is 57.1 Å². The van der Waals surface area contributed by atoms with E-state index < -0.39 is 17.6 Å². The van der Waals surface area contributed by atoms with E-state index >= 15 is 0 Å². The van der Waals surface area contributed by atoms with Crippen molar-refractivity contribution in [1.82, 2.24) is 14.4 Å². The third-order valence-electron chi connectivity index (χ3n) is 7.49. The number of aryl methyl sites for hydroxylation is 1. The summed E-state index contributed by atoms with van der Waals surface area (Å²) in [6.07, 6.45) is 3.60. The van der Waals surface area contributed by atoms with Gasteiger partial charge in [-0.05, 0) is 75.3 Å². The van der Waals surface area contributed by atoms with Crippen molar-refractivity contribution in [1.29, 1.82) is 0 Å². The number of ether oxygens (including phenoxy) is 2. The quantitative estimate of drug-likeness (QED) is 0.390. The van der Waals surface area contributed by atoms with Gasteiger partial charge < -0.3 is 29.2 Å². The molecule has 0 unspecified atom stereocenters. The molecule has 1 aliphatic carbocycles. The number of halogens is 2. The molecule has 0 radical (unpaired) electrons. The Morgan fingerprint density at radius 3 is 2.51 bits per heavy atom. The second kappa shape index (κ2) is 13.0. The van der Waals surface area contributed by atoms with Gasteiger partial charge >= 0.3 is 6.09 Å². The van der Waals surface area contributed by atoms with Gasteiger partial charge in [0.05, 0.1) is 22.6 Å². The maximum absolute atomic E-state index is 14.4. The number of nitrogens with one attached hydrogen (secondary N) is 1. The third-order valence-corrected chi connectivity index (χ3v) is 8.33. The maximum atomic E-state index is 14.4. The molecule has 2 amide bonds. The first-order valence-electron chi connectivity index (χ1n) is 14.0. The minimum absolute atomic E-state index is 0.0728. The lowest BCUT2D eigenvalue weighted by molar-refractivity contribution is -0.139. The van der Waals surface area contributed by atoms with Gasteiger partial charge in [-0.2, -0.15) is 0 Å². The van der Waals surface area contributed by atoms with Crippen LogP contribution in [0.3, 0.4) is 0 Å². The van der Waals surface area contributed by atoms with Crippen LogP contribution in [0.4, 0.5) is 10.5 Å². The Labute approximate surface area is 251 Å². The summed E-state index contributed by atoms with van der Waals surface area (Å²) in [5, 5.41) is 4.09. The van der Waals surface area contributed by atoms with Crippen LogP contribution in [-0.2, 0) is 27.9 Å². The van der Waals surface area contributed by atoms with Gasteiger partial charge in [-0.3, -0.25) is 9.59 Å². The van der Waals surface area contributed by atoms with Crippen molar-refractivity contribution in [3.63, 3.8) is 0 Å². The number of aromatic nitrogens is 1. The molecule has 1 saturated heterocycles. The van der Waals surface area contributed by atoms with Crippen LogP contribution >= 0.6 is 23.2 Å². The van der Waals surface area contributed by atoms with Gasteiger partial charge in [0.15, 0.2) is 0 Å². The summed E-state index contributed by atoms with van der Waals surface area (Å²) in [6, 6.07) is 7.24. The molecule has 0 spiro atoms. The lowest BCUT2D eigenvalue weighted by atomic mass is 9.79. The molecule has 1 aromatic carbocycles. The van der Waals surface area contributed by atoms with Crippen LogP contribution in [0.2, 0.25) is 10.0 Å². The van der Waals surface area contributed by atoms with E-state index in [0.29, 0.717) is 36.2 Å². The number of likely N-dealkylation sites (tertiary alicyclic amines) is 1. The van der Waals surface area contributed by atoms with E-state index in [2.05, 4.69) is 5.32 Å². The zero-order valence-electron chi connectivity index (χ0n) is 24.4. The highest BCUT2D eigenvalue weighted by Gasteiger charge is 2.43. The number of carbonyl (C=O) groups excluding carboxylic acids is 2. The second-order valence-corrected chi connectivity index (χ2v) is 12.7. The zero-order chi connectivity index (χ0) is 29.9. The Bertz CT molecular complexity index is 1320. The predicted molar refractivity (Wildman–Crippen MR) is 161 cm³/mol. The molecule has 2 fully saturated rings. The predicted octanol–water partition coefficient (Wildman–Crippen LogP) is 5.28. The van der Waals surface area contributed by atoms with E-state index in [1.165, 1.54) is 4.57 Å². The van der Waals surface area contributed by atoms with Crippen molar-refractivity contribution in [2.75, 3.05) is 38.7 Å². The Morgan fingerprint density at radius 1 is 1.15 bits per heavy atom. The standard InChI is InChI=1S/C30H40Cl2N4O5/c1-30(2,3)41-29(39)35-12-9-23(19-8-11-34(4)26(37)15-19)24(18-35)28(38)36(22-6-7-22)17-20-14-21(33-10-13-40-5)16-25(31)27(20)32/h8,11,14-16,22-24,33H,6-7,9-10,12-13,17-18H2,1-5H3/t23-,24+/m0/s1. The van der Waals surface area contributed by atoms with Crippen molar-refractivity contribution >= 4 is 40.9 Å². The van der Waals surface area contributed by atoms with Crippen LogP contribution in [0.15, 0.2) is 35.3 Å². The average molecular weight is 608 g/mol. The lowest BCUT2D eigenvalue weighted by Crippen LogP contribution is -2.51. The average Bonchev–Trinajstić information content (AvgIpc) is 3.75. The van der Waals surface area contributed by atoms with Crippen molar-refractivity contribution in [2.24, 2.45) is 13.0 Å². The molecule has 11 heteroatoms. The smallest absolute Gasteiger partial charge is 0.410 e. The molecule has 2 atom stereocenters. The fourth-order valence-corrected chi connectivity index (χ4v) is 5.63. The SMILES string of the molecule is COCCNc1cc(Cl)c(Cl)c(CN(C(=O)[C@@H]2CN(C(=O)OC(C)(C)C)CC[C@H]2c2ccn(C)c(=O)c2)C2CC2)c1. The molecule has 9 nitrogen and oxygen atoms in total. The van der Waals surface area contributed by atoms with Gasteiger partial charge in [0.25, 0.3) is 5.56 Å². The van der Waals surface area contributed by atoms with Gasteiger partial charge in [0, 0.05) is 64.3 Å². The van der Waals surface area contributed by atoms with Crippen molar-refractivity contribution in [2.45, 2.75) is 64.1 Å². The Hall–Kier alpha value is -2.75. The van der Waals surface area contributed by atoms with Crippen LogP contribution in [0.5, 0.6) is 0 Å². The minimum Gasteiger partial charge on any atom is -0.444 e. The van der Waals surface area contributed by atoms with E-state index in [1.54, 1.807) is 37.4 Å². The number of hydrogen-bond acceptors (Lipinski definition) is 6. The Morgan fingerprint density at radius 2 is 1.88 bits per heavy atom. The number of pyridine rings is 1. The van der Waals surface area contributed by atoms with Crippen molar-refractivity contribution in [3.05, 3.63) is 62.0 Å². The van der Waals surface area contributed by atoms with Gasteiger partial charge in [-0.15, -0.1) is 0 Å². The number of carbonyl (C=O) groups is 2. The summed E-state index contributed by atoms with van der Waals surface area (Å²) in [5.41, 5.74) is 1.54. The highest BCUT2D eigenvalue weighted by atomic mass is 35.5. The van der Waals surface area contributed by atoms with Crippen LogP contribution in [-0.4, -0.2) is 71.4 Å². The van der Waals surface area contributed by atoms with Gasteiger partial charge in [-0.25, -0.2) is 4.79 Å². The molecule has 2 heterocycles. The molecule has 0 bridgehead atoms. The molecular weight excluding hydrogens is 567 g/mol. The molecule has 2 aliphatic rings. The Kier molecular flexibility index (Phi) is 9.93. The largest absolute Gasteiger partial charge is 0.444 e. The first kappa shape index (κ1) is 31.2. The number of piperidine rings is 1. The van der Waals surface area contributed by atoms with Gasteiger partial charge in [0.1, 0.15) is 5.60 Å². The van der Waals surface area contributed by atoms with E-state index in [9.17, 15) is 14.4 Å². The number of anilines is 1. The number of benzene rings is 1. The number of amides is 2. The maximum Gasteiger partial charge on any atom is 0.410 e. The van der Waals surface area contributed by atoms with Gasteiger partial charge in [0.2, 0.25) is 5.91 Å². The molecular formula is C30H40Cl2N4O5. The lowest BCUT2D eigenvalue weighted by Gasteiger charge is -2.40. The number of nitrogens with zero attached hydrogens (tertiary/aromatic N) is 3. The summed E-state index contributed by atoms with van der Waals surface area (Å²) in [6.45, 7) is 7.50. The van der Waals surface area contributed by atoms with Crippen molar-refractivity contribution < 1.29 is 19.1 Å². The molecule has 2 aromatic rings. The molecule has 1 aliphatic heterocycles. The topological polar surface area (TPSA) is 93.1 Å². The first-order chi connectivity index (χ1) is 19.4. The molecule has 1 aromatic heterocycles. The van der Waals surface area contributed by atoms with Crippen molar-refractivity contribution in [3.8, 4) is 0 Å².